The minimum absolute atomic E-state index is 0.0263. The summed E-state index contributed by atoms with van der Waals surface area (Å²) >= 11 is 0. The summed E-state index contributed by atoms with van der Waals surface area (Å²) in [4.78, 5) is 23.6. The van der Waals surface area contributed by atoms with E-state index in [1.165, 1.54) is 0 Å². The lowest BCUT2D eigenvalue weighted by Crippen LogP contribution is -2.39. The van der Waals surface area contributed by atoms with E-state index in [-0.39, 0.29) is 11.8 Å². The smallest absolute Gasteiger partial charge is 0.272 e. The number of aromatic nitrogens is 2. The van der Waals surface area contributed by atoms with Crippen molar-refractivity contribution < 1.29 is 13.9 Å². The second-order valence-electron chi connectivity index (χ2n) is 7.45. The fourth-order valence-corrected chi connectivity index (χ4v) is 3.76. The SMILES string of the molecule is COc1cccc(Cc2cnc(C3CCCN(C(=O)c4cccc(C)n4)C3)o2)c1. The third-order valence-electron chi connectivity index (χ3n) is 5.25. The van der Waals surface area contributed by atoms with E-state index in [0.29, 0.717) is 24.6 Å². The van der Waals surface area contributed by atoms with Crippen LogP contribution in [-0.4, -0.2) is 41.0 Å². The number of carbonyl (C=O) groups is 1. The first kappa shape index (κ1) is 19.2. The van der Waals surface area contributed by atoms with Crippen LogP contribution in [0.1, 0.15) is 52.2 Å². The number of methoxy groups -OCH3 is 1. The molecule has 0 N–H and O–H groups in total. The fourth-order valence-electron chi connectivity index (χ4n) is 3.76. The Morgan fingerprint density at radius 3 is 2.97 bits per heavy atom. The highest BCUT2D eigenvalue weighted by molar-refractivity contribution is 5.92. The van der Waals surface area contributed by atoms with Crippen molar-refractivity contribution in [2.45, 2.75) is 32.1 Å². The summed E-state index contributed by atoms with van der Waals surface area (Å²) in [6.07, 6.45) is 4.34. The quantitative estimate of drug-likeness (QED) is 0.658. The predicted octanol–water partition coefficient (Wildman–Crippen LogP) is 4.00. The number of likely N-dealkylation sites (tertiary alicyclic amines) is 1. The molecule has 1 atom stereocenters. The molecule has 1 aliphatic rings. The summed E-state index contributed by atoms with van der Waals surface area (Å²) in [6, 6.07) is 13.5. The fraction of sp³-hybridized carbons (Fsp3) is 0.348. The van der Waals surface area contributed by atoms with Crippen LogP contribution in [0.5, 0.6) is 5.75 Å². The largest absolute Gasteiger partial charge is 0.497 e. The highest BCUT2D eigenvalue weighted by Crippen LogP contribution is 2.28. The maximum Gasteiger partial charge on any atom is 0.272 e. The maximum atomic E-state index is 12.8. The number of benzene rings is 1. The topological polar surface area (TPSA) is 68.5 Å². The van der Waals surface area contributed by atoms with E-state index in [0.717, 1.165) is 42.2 Å². The van der Waals surface area contributed by atoms with Gasteiger partial charge in [-0.15, -0.1) is 0 Å². The molecule has 0 aliphatic carbocycles. The summed E-state index contributed by atoms with van der Waals surface area (Å²) < 4.78 is 11.3. The lowest BCUT2D eigenvalue weighted by molar-refractivity contribution is 0.0691. The predicted molar refractivity (Wildman–Crippen MR) is 109 cm³/mol. The van der Waals surface area contributed by atoms with Gasteiger partial charge in [0.15, 0.2) is 5.89 Å². The molecule has 0 bridgehead atoms. The van der Waals surface area contributed by atoms with Gasteiger partial charge in [-0.05, 0) is 49.6 Å². The van der Waals surface area contributed by atoms with Crippen LogP contribution < -0.4 is 4.74 Å². The Balaban J connectivity index is 1.44. The third kappa shape index (κ3) is 4.47. The minimum Gasteiger partial charge on any atom is -0.497 e. The van der Waals surface area contributed by atoms with E-state index in [1.54, 1.807) is 19.4 Å². The van der Waals surface area contributed by atoms with Gasteiger partial charge in [0.25, 0.3) is 5.91 Å². The maximum absolute atomic E-state index is 12.8. The molecule has 1 aromatic carbocycles. The molecule has 150 valence electrons. The molecular formula is C23H25N3O3. The van der Waals surface area contributed by atoms with Crippen LogP contribution in [0.4, 0.5) is 0 Å². The van der Waals surface area contributed by atoms with Gasteiger partial charge in [-0.25, -0.2) is 9.97 Å². The van der Waals surface area contributed by atoms with Crippen LogP contribution in [0.3, 0.4) is 0 Å². The molecule has 6 nitrogen and oxygen atoms in total. The Labute approximate surface area is 170 Å². The van der Waals surface area contributed by atoms with Crippen molar-refractivity contribution in [3.8, 4) is 5.75 Å². The monoisotopic (exact) mass is 391 g/mol. The first-order valence-corrected chi connectivity index (χ1v) is 9.93. The Morgan fingerprint density at radius 1 is 1.28 bits per heavy atom. The molecule has 6 heteroatoms. The number of oxazole rings is 1. The Bertz CT molecular complexity index is 998. The summed E-state index contributed by atoms with van der Waals surface area (Å²) in [5.74, 6) is 2.43. The first-order valence-electron chi connectivity index (χ1n) is 9.93. The zero-order valence-corrected chi connectivity index (χ0v) is 16.8. The average Bonchev–Trinajstić information content (AvgIpc) is 3.22. The van der Waals surface area contributed by atoms with Crippen molar-refractivity contribution in [3.63, 3.8) is 0 Å². The number of rotatable bonds is 5. The lowest BCUT2D eigenvalue weighted by atomic mass is 9.97. The number of hydrogen-bond acceptors (Lipinski definition) is 5. The van der Waals surface area contributed by atoms with E-state index in [4.69, 9.17) is 9.15 Å². The van der Waals surface area contributed by atoms with Gasteiger partial charge in [-0.3, -0.25) is 4.79 Å². The van der Waals surface area contributed by atoms with Crippen LogP contribution in [0.15, 0.2) is 53.1 Å². The van der Waals surface area contributed by atoms with Crippen LogP contribution in [0, 0.1) is 6.92 Å². The van der Waals surface area contributed by atoms with Crippen LogP contribution in [0.2, 0.25) is 0 Å². The number of hydrogen-bond donors (Lipinski definition) is 0. The molecule has 2 aromatic heterocycles. The van der Waals surface area contributed by atoms with E-state index < -0.39 is 0 Å². The molecule has 0 radical (unpaired) electrons. The highest BCUT2D eigenvalue weighted by atomic mass is 16.5. The molecule has 1 fully saturated rings. The lowest BCUT2D eigenvalue weighted by Gasteiger charge is -2.31. The molecule has 4 rings (SSSR count). The zero-order valence-electron chi connectivity index (χ0n) is 16.8. The van der Waals surface area contributed by atoms with Crippen LogP contribution in [0.25, 0.3) is 0 Å². The molecule has 3 aromatic rings. The number of ether oxygens (including phenoxy) is 1. The van der Waals surface area contributed by atoms with Crippen molar-refractivity contribution in [1.82, 2.24) is 14.9 Å². The van der Waals surface area contributed by atoms with Crippen molar-refractivity contribution >= 4 is 5.91 Å². The molecule has 29 heavy (non-hydrogen) atoms. The molecule has 1 aliphatic heterocycles. The molecule has 3 heterocycles. The number of aryl methyl sites for hydroxylation is 1. The van der Waals surface area contributed by atoms with Crippen molar-refractivity contribution in [3.05, 3.63) is 77.3 Å². The normalized spacial score (nSPS) is 16.6. The van der Waals surface area contributed by atoms with E-state index in [9.17, 15) is 4.79 Å². The van der Waals surface area contributed by atoms with E-state index in [2.05, 4.69) is 9.97 Å². The van der Waals surface area contributed by atoms with Gasteiger partial charge in [-0.2, -0.15) is 0 Å². The molecular weight excluding hydrogens is 366 g/mol. The number of piperidine rings is 1. The number of nitrogens with zero attached hydrogens (tertiary/aromatic N) is 3. The summed E-state index contributed by atoms with van der Waals surface area (Å²) in [5.41, 5.74) is 2.45. The van der Waals surface area contributed by atoms with E-state index in [1.807, 2.05) is 48.2 Å². The molecule has 0 saturated carbocycles. The minimum atomic E-state index is -0.0263. The number of pyridine rings is 1. The number of amides is 1. The first-order chi connectivity index (χ1) is 14.1. The Hall–Kier alpha value is -3.15. The second kappa shape index (κ2) is 8.47. The summed E-state index contributed by atoms with van der Waals surface area (Å²) in [5, 5.41) is 0. The second-order valence-corrected chi connectivity index (χ2v) is 7.45. The van der Waals surface area contributed by atoms with Gasteiger partial charge >= 0.3 is 0 Å². The Morgan fingerprint density at radius 2 is 2.14 bits per heavy atom. The van der Waals surface area contributed by atoms with Gasteiger partial charge < -0.3 is 14.1 Å². The molecule has 0 spiro atoms. The Kier molecular flexibility index (Phi) is 5.60. The van der Waals surface area contributed by atoms with Crippen LogP contribution in [-0.2, 0) is 6.42 Å². The molecule has 1 amide bonds. The van der Waals surface area contributed by atoms with Gasteiger partial charge in [-0.1, -0.05) is 18.2 Å². The van der Waals surface area contributed by atoms with Crippen molar-refractivity contribution in [2.24, 2.45) is 0 Å². The average molecular weight is 391 g/mol. The van der Waals surface area contributed by atoms with Crippen molar-refractivity contribution in [2.75, 3.05) is 20.2 Å². The van der Waals surface area contributed by atoms with Gasteiger partial charge in [0.1, 0.15) is 17.2 Å². The standard InChI is InChI=1S/C23H25N3O3/c1-16-6-3-10-21(25-16)23(27)26-11-5-8-18(15-26)22-24-14-20(29-22)13-17-7-4-9-19(12-17)28-2/h3-4,6-7,9-10,12,14,18H,5,8,11,13,15H2,1-2H3. The third-order valence-corrected chi connectivity index (χ3v) is 5.25. The van der Waals surface area contributed by atoms with Crippen molar-refractivity contribution in [1.29, 1.82) is 0 Å². The van der Waals surface area contributed by atoms with Gasteiger partial charge in [0, 0.05) is 25.2 Å². The summed E-state index contributed by atoms with van der Waals surface area (Å²) in [7, 11) is 1.66. The van der Waals surface area contributed by atoms with Gasteiger partial charge in [0.05, 0.1) is 19.2 Å². The highest BCUT2D eigenvalue weighted by Gasteiger charge is 2.29. The van der Waals surface area contributed by atoms with E-state index >= 15 is 0 Å². The molecule has 1 unspecified atom stereocenters. The van der Waals surface area contributed by atoms with Gasteiger partial charge in [0.2, 0.25) is 0 Å². The zero-order chi connectivity index (χ0) is 20.2. The molecule has 1 saturated heterocycles. The number of carbonyl (C=O) groups excluding carboxylic acids is 1. The summed E-state index contributed by atoms with van der Waals surface area (Å²) in [6.45, 7) is 3.24. The van der Waals surface area contributed by atoms with Crippen LogP contribution >= 0.6 is 0 Å².